The quantitative estimate of drug-likeness (QED) is 0.390. The Morgan fingerprint density at radius 1 is 0.800 bits per heavy atom. The molecule has 118 valence electrons. The summed E-state index contributed by atoms with van der Waals surface area (Å²) in [6.45, 7) is 10.5. The maximum absolute atomic E-state index is 3.12. The zero-order chi connectivity index (χ0) is 12.6. The minimum atomic E-state index is 0. The molecule has 0 saturated carbocycles. The zero-order valence-corrected chi connectivity index (χ0v) is 19.1. The second kappa shape index (κ2) is 19.6. The summed E-state index contributed by atoms with van der Waals surface area (Å²) in [6, 6.07) is 0. The first-order chi connectivity index (χ1) is 7.61. The van der Waals surface area contributed by atoms with Crippen LogP contribution >= 0.6 is 24.8 Å². The van der Waals surface area contributed by atoms with E-state index in [1.54, 1.807) is 23.3 Å². The van der Waals surface area contributed by atoms with Gasteiger partial charge in [0.2, 0.25) is 0 Å². The van der Waals surface area contributed by atoms with E-state index in [1.807, 2.05) is 6.88 Å². The summed E-state index contributed by atoms with van der Waals surface area (Å²) in [7, 11) is 0. The number of allylic oxidation sites excluding steroid dienone is 8. The molecule has 0 aliphatic heterocycles. The number of rotatable bonds is 0. The van der Waals surface area contributed by atoms with Crippen LogP contribution in [0.25, 0.3) is 0 Å². The van der Waals surface area contributed by atoms with Gasteiger partial charge in [-0.1, -0.05) is 13.8 Å². The Labute approximate surface area is 156 Å². The number of halogens is 2. The molecule has 2 aliphatic carbocycles. The molecule has 0 heterocycles. The van der Waals surface area contributed by atoms with Gasteiger partial charge in [0.25, 0.3) is 0 Å². The Balaban J connectivity index is -0.0000000566. The third-order valence-corrected chi connectivity index (χ3v) is 2.72. The van der Waals surface area contributed by atoms with Crippen LogP contribution in [-0.4, -0.2) is 6.88 Å². The van der Waals surface area contributed by atoms with Crippen molar-refractivity contribution in [3.8, 4) is 0 Å². The molecular formula is C16H28Cl2SiZr-4. The molecule has 0 bridgehead atoms. The van der Waals surface area contributed by atoms with E-state index in [1.165, 1.54) is 22.3 Å². The van der Waals surface area contributed by atoms with E-state index in [0.29, 0.717) is 0 Å². The van der Waals surface area contributed by atoms with Crippen LogP contribution in [0.5, 0.6) is 0 Å². The third kappa shape index (κ3) is 13.6. The topological polar surface area (TPSA) is 0 Å². The van der Waals surface area contributed by atoms with Crippen LogP contribution in [0, 0.1) is 27.0 Å². The molecule has 20 heavy (non-hydrogen) atoms. The second-order valence-corrected chi connectivity index (χ2v) is 3.98. The Kier molecular flexibility index (Phi) is 32.0. The summed E-state index contributed by atoms with van der Waals surface area (Å²) < 4.78 is 0. The molecule has 0 unspecified atom stereocenters. The van der Waals surface area contributed by atoms with Crippen LogP contribution in [-0.2, 0) is 23.3 Å². The number of hydrogen-bond acceptors (Lipinski definition) is 0. The van der Waals surface area contributed by atoms with Crippen molar-refractivity contribution in [3.05, 3.63) is 61.4 Å². The van der Waals surface area contributed by atoms with Crippen molar-refractivity contribution >= 4 is 31.7 Å². The minimum absolute atomic E-state index is 0. The Bertz CT molecular complexity index is 321. The molecular weight excluding hydrogens is 382 g/mol. The van der Waals surface area contributed by atoms with E-state index in [0.717, 1.165) is 12.8 Å². The van der Waals surface area contributed by atoms with E-state index in [9.17, 15) is 0 Å². The molecule has 0 atom stereocenters. The van der Waals surface area contributed by atoms with Gasteiger partial charge in [0, 0.05) is 0 Å². The summed E-state index contributed by atoms with van der Waals surface area (Å²) in [5, 5.41) is 0. The van der Waals surface area contributed by atoms with Crippen molar-refractivity contribution in [2.24, 2.45) is 0 Å². The first-order valence-electron chi connectivity index (χ1n) is 5.42. The van der Waals surface area contributed by atoms with Crippen LogP contribution in [0.15, 0.2) is 34.4 Å². The Hall–Kier alpha value is 0.640. The van der Waals surface area contributed by atoms with Crippen molar-refractivity contribution in [3.63, 3.8) is 0 Å². The van der Waals surface area contributed by atoms with Crippen LogP contribution in [0.2, 0.25) is 0 Å². The van der Waals surface area contributed by atoms with Crippen molar-refractivity contribution in [2.75, 3.05) is 0 Å². The molecule has 2 rings (SSSR count). The SMILES string of the molecule is CC1=C(C)C[C-]=C1.CC1=C(C)C[C-]=C1.Cl.Cl.[CH3-].[CH3-].[SiH2]=[Zr]. The van der Waals surface area contributed by atoms with Gasteiger partial charge in [-0.25, -0.2) is 23.3 Å². The summed E-state index contributed by atoms with van der Waals surface area (Å²) in [5.41, 5.74) is 5.69. The molecule has 0 aromatic rings. The second-order valence-electron chi connectivity index (χ2n) is 3.98. The Morgan fingerprint density at radius 2 is 1.05 bits per heavy atom. The molecule has 0 radical (unpaired) electrons. The molecule has 2 aliphatic rings. The standard InChI is InChI=1S/2C7H9.2CH3.2ClH.H2Si.Zr/c2*1-6-4-3-5-7(6)2;;;;;;/h2*4H,5H2,1-2H3;2*1H3;2*1H;1H2;/q4*-1;;;;. The van der Waals surface area contributed by atoms with E-state index in [2.05, 4.69) is 52.0 Å². The molecule has 0 amide bonds. The molecule has 0 N–H and O–H groups in total. The van der Waals surface area contributed by atoms with Crippen molar-refractivity contribution in [1.82, 2.24) is 0 Å². The predicted molar refractivity (Wildman–Crippen MR) is 97.5 cm³/mol. The fraction of sp³-hybridized carbons (Fsp3) is 0.375. The first kappa shape index (κ1) is 32.5. The van der Waals surface area contributed by atoms with E-state index in [4.69, 9.17) is 0 Å². The molecule has 0 aromatic heterocycles. The predicted octanol–water partition coefficient (Wildman–Crippen LogP) is 5.00. The van der Waals surface area contributed by atoms with E-state index in [-0.39, 0.29) is 39.7 Å². The van der Waals surface area contributed by atoms with Gasteiger partial charge in [-0.2, -0.15) is 11.1 Å². The fourth-order valence-electron chi connectivity index (χ4n) is 1.24. The van der Waals surface area contributed by atoms with Crippen LogP contribution < -0.4 is 0 Å². The molecule has 0 nitrogen and oxygen atoms in total. The van der Waals surface area contributed by atoms with Crippen LogP contribution in [0.3, 0.4) is 0 Å². The molecule has 0 spiro atoms. The van der Waals surface area contributed by atoms with Gasteiger partial charge in [0.1, 0.15) is 0 Å². The first-order valence-corrected chi connectivity index (χ1v) is 11.3. The summed E-state index contributed by atoms with van der Waals surface area (Å²) in [6.07, 6.45) is 12.4. The molecule has 4 heteroatoms. The molecule has 0 aromatic carbocycles. The summed E-state index contributed by atoms with van der Waals surface area (Å²) in [5.74, 6) is 0. The van der Waals surface area contributed by atoms with Crippen LogP contribution in [0.1, 0.15) is 40.5 Å². The van der Waals surface area contributed by atoms with Gasteiger partial charge >= 0.3 is 30.2 Å². The Morgan fingerprint density at radius 3 is 1.10 bits per heavy atom. The van der Waals surface area contributed by atoms with Crippen molar-refractivity contribution in [2.45, 2.75) is 40.5 Å². The average molecular weight is 411 g/mol. The van der Waals surface area contributed by atoms with Crippen molar-refractivity contribution in [1.29, 1.82) is 0 Å². The zero-order valence-electron chi connectivity index (χ0n) is 13.6. The average Bonchev–Trinajstić information content (AvgIpc) is 2.83. The van der Waals surface area contributed by atoms with Gasteiger partial charge in [0.05, 0.1) is 0 Å². The van der Waals surface area contributed by atoms with E-state index < -0.39 is 0 Å². The third-order valence-electron chi connectivity index (χ3n) is 2.72. The molecule has 0 fully saturated rings. The van der Waals surface area contributed by atoms with Gasteiger partial charge in [-0.3, -0.25) is 12.2 Å². The van der Waals surface area contributed by atoms with Gasteiger partial charge in [-0.05, 0) is 0 Å². The number of hydrogen-bond donors (Lipinski definition) is 0. The van der Waals surface area contributed by atoms with Gasteiger partial charge < -0.3 is 14.9 Å². The summed E-state index contributed by atoms with van der Waals surface area (Å²) in [4.78, 5) is 0. The molecule has 0 saturated heterocycles. The monoisotopic (exact) mass is 408 g/mol. The normalized spacial score (nSPS) is 13.6. The van der Waals surface area contributed by atoms with Crippen molar-refractivity contribution < 1.29 is 23.3 Å². The van der Waals surface area contributed by atoms with Gasteiger partial charge in [-0.15, -0.1) is 51.5 Å². The summed E-state index contributed by atoms with van der Waals surface area (Å²) >= 11 is 1.58. The van der Waals surface area contributed by atoms with E-state index >= 15 is 0 Å². The van der Waals surface area contributed by atoms with Gasteiger partial charge in [0.15, 0.2) is 0 Å². The fourth-order valence-corrected chi connectivity index (χ4v) is 1.24. The van der Waals surface area contributed by atoms with Crippen LogP contribution in [0.4, 0.5) is 0 Å². The maximum atomic E-state index is 3.12.